The molecule has 15 heavy (non-hydrogen) atoms. The molecule has 1 atom stereocenters. The minimum atomic E-state index is -0.488. The first kappa shape index (κ1) is 9.44. The number of nitrogens with two attached hydrogens (primary N) is 1. The second-order valence-corrected chi connectivity index (χ2v) is 3.24. The zero-order valence-corrected chi connectivity index (χ0v) is 8.02. The van der Waals surface area contributed by atoms with Crippen molar-refractivity contribution in [1.29, 1.82) is 0 Å². The Morgan fingerprint density at radius 3 is 2.87 bits per heavy atom. The lowest BCUT2D eigenvalue weighted by Gasteiger charge is -2.30. The van der Waals surface area contributed by atoms with Gasteiger partial charge < -0.3 is 10.6 Å². The Labute approximate surface area is 84.8 Å². The lowest BCUT2D eigenvalue weighted by Crippen LogP contribution is -2.57. The highest BCUT2D eigenvalue weighted by Gasteiger charge is 2.32. The Morgan fingerprint density at radius 1 is 1.53 bits per heavy atom. The van der Waals surface area contributed by atoms with E-state index < -0.39 is 6.04 Å². The Hall–Kier alpha value is -2.12. The number of carbonyl (C=O) groups is 2. The van der Waals surface area contributed by atoms with Crippen molar-refractivity contribution in [3.63, 3.8) is 0 Å². The largest absolute Gasteiger partial charge is 0.368 e. The van der Waals surface area contributed by atoms with Gasteiger partial charge in [0.2, 0.25) is 23.7 Å². The predicted molar refractivity (Wildman–Crippen MR) is 50.8 cm³/mol. The highest BCUT2D eigenvalue weighted by atomic mass is 16.2. The molecule has 1 aromatic heterocycles. The molecule has 1 aliphatic heterocycles. The van der Waals surface area contributed by atoms with E-state index in [9.17, 15) is 9.59 Å². The summed E-state index contributed by atoms with van der Waals surface area (Å²) in [6, 6.07) is -0.488. The number of hydrogen-bond donors (Lipinski definition) is 3. The molecule has 2 amide bonds. The molecule has 0 aliphatic carbocycles. The summed E-state index contributed by atoms with van der Waals surface area (Å²) in [4.78, 5) is 27.8. The van der Waals surface area contributed by atoms with Gasteiger partial charge in [-0.2, -0.15) is 4.98 Å². The predicted octanol–water partition coefficient (Wildman–Crippen LogP) is -1.76. The van der Waals surface area contributed by atoms with Crippen molar-refractivity contribution >= 4 is 23.7 Å². The van der Waals surface area contributed by atoms with Gasteiger partial charge in [0, 0.05) is 0 Å². The van der Waals surface area contributed by atoms with E-state index in [0.717, 1.165) is 0 Å². The van der Waals surface area contributed by atoms with Gasteiger partial charge in [-0.3, -0.25) is 14.9 Å². The first-order chi connectivity index (χ1) is 7.08. The number of amides is 2. The van der Waals surface area contributed by atoms with Crippen LogP contribution in [0.25, 0.3) is 0 Å². The molecule has 0 bridgehead atoms. The fraction of sp³-hybridized carbons (Fsp3) is 0.429. The standard InChI is InChI=1S/C7H10N6O2/c1-3-5(15)9-4(14)2-13(3)7-10-6(8)11-12-7/h3H,2H2,1H3,(H,9,14,15)(H3,8,10,11,12). The quantitative estimate of drug-likeness (QED) is 0.472. The van der Waals surface area contributed by atoms with Crippen molar-refractivity contribution in [3.05, 3.63) is 0 Å². The number of imide groups is 1. The first-order valence-electron chi connectivity index (χ1n) is 4.36. The van der Waals surface area contributed by atoms with Gasteiger partial charge in [0.15, 0.2) is 0 Å². The van der Waals surface area contributed by atoms with Crippen LogP contribution in [0.1, 0.15) is 6.92 Å². The molecule has 8 heteroatoms. The highest BCUT2D eigenvalue weighted by molar-refractivity contribution is 6.04. The number of nitrogens with zero attached hydrogens (tertiary/aromatic N) is 3. The van der Waals surface area contributed by atoms with E-state index in [0.29, 0.717) is 0 Å². The van der Waals surface area contributed by atoms with Crippen molar-refractivity contribution < 1.29 is 9.59 Å². The minimum absolute atomic E-state index is 0.0458. The molecule has 0 spiro atoms. The third kappa shape index (κ3) is 1.60. The van der Waals surface area contributed by atoms with Crippen molar-refractivity contribution in [2.75, 3.05) is 17.2 Å². The number of hydrogen-bond acceptors (Lipinski definition) is 6. The number of aromatic nitrogens is 3. The van der Waals surface area contributed by atoms with Gasteiger partial charge >= 0.3 is 0 Å². The van der Waals surface area contributed by atoms with Crippen LogP contribution in [0.2, 0.25) is 0 Å². The van der Waals surface area contributed by atoms with E-state index in [1.54, 1.807) is 6.92 Å². The van der Waals surface area contributed by atoms with Crippen LogP contribution >= 0.6 is 0 Å². The van der Waals surface area contributed by atoms with Crippen molar-refractivity contribution in [2.24, 2.45) is 0 Å². The van der Waals surface area contributed by atoms with E-state index in [-0.39, 0.29) is 30.3 Å². The highest BCUT2D eigenvalue weighted by Crippen LogP contribution is 2.13. The zero-order valence-electron chi connectivity index (χ0n) is 8.02. The molecule has 0 saturated carbocycles. The summed E-state index contributed by atoms with van der Waals surface area (Å²) >= 11 is 0. The average molecular weight is 210 g/mol. The second kappa shape index (κ2) is 3.23. The molecular weight excluding hydrogens is 200 g/mol. The first-order valence-corrected chi connectivity index (χ1v) is 4.36. The summed E-state index contributed by atoms with van der Waals surface area (Å²) in [7, 11) is 0. The number of nitrogen functional groups attached to an aromatic ring is 1. The van der Waals surface area contributed by atoms with Crippen molar-refractivity contribution in [1.82, 2.24) is 20.5 Å². The van der Waals surface area contributed by atoms with Crippen LogP contribution in [0.15, 0.2) is 0 Å². The molecule has 0 radical (unpaired) electrons. The fourth-order valence-corrected chi connectivity index (χ4v) is 1.35. The number of nitrogens with one attached hydrogen (secondary N) is 2. The lowest BCUT2D eigenvalue weighted by atomic mass is 10.2. The molecule has 1 saturated heterocycles. The maximum atomic E-state index is 11.3. The molecule has 1 fully saturated rings. The fourth-order valence-electron chi connectivity index (χ4n) is 1.35. The van der Waals surface area contributed by atoms with Crippen LogP contribution in [0.4, 0.5) is 11.9 Å². The second-order valence-electron chi connectivity index (χ2n) is 3.24. The van der Waals surface area contributed by atoms with Crippen LogP contribution in [-0.4, -0.2) is 39.6 Å². The third-order valence-corrected chi connectivity index (χ3v) is 2.17. The molecule has 2 rings (SSSR count). The molecule has 0 aromatic carbocycles. The van der Waals surface area contributed by atoms with Gasteiger partial charge in [-0.15, -0.1) is 5.10 Å². The molecule has 2 heterocycles. The van der Waals surface area contributed by atoms with Crippen LogP contribution in [0.5, 0.6) is 0 Å². The van der Waals surface area contributed by atoms with Crippen LogP contribution < -0.4 is 16.0 Å². The minimum Gasteiger partial charge on any atom is -0.368 e. The van der Waals surface area contributed by atoms with Gasteiger partial charge in [0.1, 0.15) is 12.6 Å². The van der Waals surface area contributed by atoms with Crippen molar-refractivity contribution in [3.8, 4) is 0 Å². The zero-order chi connectivity index (χ0) is 11.0. The summed E-state index contributed by atoms with van der Waals surface area (Å²) in [5, 5.41) is 8.46. The Morgan fingerprint density at radius 2 is 2.27 bits per heavy atom. The lowest BCUT2D eigenvalue weighted by molar-refractivity contribution is -0.132. The number of anilines is 2. The monoisotopic (exact) mass is 210 g/mol. The summed E-state index contributed by atoms with van der Waals surface area (Å²) in [5.41, 5.74) is 5.36. The molecule has 1 aromatic rings. The molecule has 4 N–H and O–H groups in total. The maximum Gasteiger partial charge on any atom is 0.249 e. The number of rotatable bonds is 1. The third-order valence-electron chi connectivity index (χ3n) is 2.17. The Balaban J connectivity index is 2.27. The number of piperazine rings is 1. The van der Waals surface area contributed by atoms with Gasteiger partial charge in [0.25, 0.3) is 0 Å². The maximum absolute atomic E-state index is 11.3. The molecule has 1 aliphatic rings. The summed E-state index contributed by atoms with van der Waals surface area (Å²) < 4.78 is 0. The van der Waals surface area contributed by atoms with Gasteiger partial charge in [0.05, 0.1) is 0 Å². The normalized spacial score (nSPS) is 21.7. The van der Waals surface area contributed by atoms with Crippen molar-refractivity contribution in [2.45, 2.75) is 13.0 Å². The van der Waals surface area contributed by atoms with E-state index >= 15 is 0 Å². The molecule has 8 nitrogen and oxygen atoms in total. The van der Waals surface area contributed by atoms with Gasteiger partial charge in [-0.05, 0) is 6.92 Å². The van der Waals surface area contributed by atoms with Crippen LogP contribution in [0.3, 0.4) is 0 Å². The molecule has 80 valence electrons. The molecular formula is C7H10N6O2. The van der Waals surface area contributed by atoms with E-state index in [2.05, 4.69) is 20.5 Å². The van der Waals surface area contributed by atoms with Gasteiger partial charge in [-0.25, -0.2) is 5.10 Å². The topological polar surface area (TPSA) is 117 Å². The van der Waals surface area contributed by atoms with Crippen LogP contribution in [-0.2, 0) is 9.59 Å². The summed E-state index contributed by atoms with van der Waals surface area (Å²) in [6.07, 6.45) is 0. The SMILES string of the molecule is CC1C(=O)NC(=O)CN1c1n[nH]c(N)n1. The van der Waals surface area contributed by atoms with Gasteiger partial charge in [-0.1, -0.05) is 0 Å². The number of H-pyrrole nitrogens is 1. The average Bonchev–Trinajstić information content (AvgIpc) is 2.58. The van der Waals surface area contributed by atoms with E-state index in [1.165, 1.54) is 4.90 Å². The van der Waals surface area contributed by atoms with E-state index in [1.807, 2.05) is 0 Å². The number of carbonyl (C=O) groups excluding carboxylic acids is 2. The smallest absolute Gasteiger partial charge is 0.249 e. The van der Waals surface area contributed by atoms with E-state index in [4.69, 9.17) is 5.73 Å². The Kier molecular flexibility index (Phi) is 2.03. The number of aromatic amines is 1. The summed E-state index contributed by atoms with van der Waals surface area (Å²) in [6.45, 7) is 1.71. The van der Waals surface area contributed by atoms with Crippen LogP contribution in [0, 0.1) is 0 Å². The Bertz CT molecular complexity index is 413. The summed E-state index contributed by atoms with van der Waals surface area (Å²) in [5.74, 6) is -0.338. The molecule has 1 unspecified atom stereocenters.